The van der Waals surface area contributed by atoms with Crippen LogP contribution in [0.4, 0.5) is 0 Å². The summed E-state index contributed by atoms with van der Waals surface area (Å²) in [5.74, 6) is -0.00631. The summed E-state index contributed by atoms with van der Waals surface area (Å²) >= 11 is 3.57. The monoisotopic (exact) mass is 340 g/mol. The van der Waals surface area contributed by atoms with E-state index in [1.807, 2.05) is 0 Å². The quantitative estimate of drug-likeness (QED) is 0.912. The smallest absolute Gasteiger partial charge is 0.216 e. The summed E-state index contributed by atoms with van der Waals surface area (Å²) < 4.78 is 6.82. The third-order valence-electron chi connectivity index (χ3n) is 3.44. The maximum absolute atomic E-state index is 10.9. The lowest BCUT2D eigenvalue weighted by atomic mass is 10.1. The summed E-state index contributed by atoms with van der Waals surface area (Å²) in [6.45, 7) is 7.63. The molecule has 1 aromatic carbocycles. The molecule has 0 unspecified atom stereocenters. The molecule has 1 aliphatic heterocycles. The third kappa shape index (κ3) is 4.58. The van der Waals surface area contributed by atoms with Crippen LogP contribution in [0.1, 0.15) is 18.1 Å². The van der Waals surface area contributed by atoms with Crippen molar-refractivity contribution in [3.63, 3.8) is 0 Å². The average molecular weight is 341 g/mol. The topological polar surface area (TPSA) is 41.6 Å². The van der Waals surface area contributed by atoms with Crippen molar-refractivity contribution in [3.8, 4) is 0 Å². The highest BCUT2D eigenvalue weighted by Gasteiger charge is 2.20. The lowest BCUT2D eigenvalue weighted by molar-refractivity contribution is -0.120. The molecule has 0 saturated carbocycles. The number of nitrogens with one attached hydrogen (secondary N) is 1. The zero-order valence-corrected chi connectivity index (χ0v) is 13.6. The fourth-order valence-electron chi connectivity index (χ4n) is 2.30. The largest absolute Gasteiger partial charge is 0.374 e. The van der Waals surface area contributed by atoms with Gasteiger partial charge >= 0.3 is 0 Å². The van der Waals surface area contributed by atoms with Gasteiger partial charge in [-0.2, -0.15) is 0 Å². The van der Waals surface area contributed by atoms with Crippen molar-refractivity contribution in [1.29, 1.82) is 0 Å². The number of amides is 1. The summed E-state index contributed by atoms with van der Waals surface area (Å²) in [5.41, 5.74) is 2.54. The fraction of sp³-hybridized carbons (Fsp3) is 0.533. The van der Waals surface area contributed by atoms with Crippen LogP contribution in [0.2, 0.25) is 0 Å². The summed E-state index contributed by atoms with van der Waals surface area (Å²) in [4.78, 5) is 13.3. The molecule has 1 aliphatic rings. The number of hydrogen-bond donors (Lipinski definition) is 1. The highest BCUT2D eigenvalue weighted by atomic mass is 79.9. The Labute approximate surface area is 128 Å². The van der Waals surface area contributed by atoms with Gasteiger partial charge < -0.3 is 10.1 Å². The molecular formula is C15H21BrN2O2. The standard InChI is InChI=1S/C15H21BrN2O2/c1-11-3-4-13(7-15(11)16)9-18-5-6-20-14(10-18)8-17-12(2)19/h3-4,7,14H,5-6,8-10H2,1-2H3,(H,17,19)/t14-/m0/s1. The predicted octanol–water partition coefficient (Wildman–Crippen LogP) is 2.09. The number of ether oxygens (including phenoxy) is 1. The van der Waals surface area contributed by atoms with Gasteiger partial charge in [-0.15, -0.1) is 0 Å². The Balaban J connectivity index is 1.88. The van der Waals surface area contributed by atoms with Gasteiger partial charge in [-0.05, 0) is 24.1 Å². The van der Waals surface area contributed by atoms with Crippen LogP contribution >= 0.6 is 15.9 Å². The SMILES string of the molecule is CC(=O)NC[C@H]1CN(Cc2ccc(C)c(Br)c2)CCO1. The van der Waals surface area contributed by atoms with Gasteiger partial charge in [0.2, 0.25) is 5.91 Å². The number of nitrogens with zero attached hydrogens (tertiary/aromatic N) is 1. The molecule has 0 radical (unpaired) electrons. The van der Waals surface area contributed by atoms with Crippen molar-refractivity contribution < 1.29 is 9.53 Å². The van der Waals surface area contributed by atoms with Gasteiger partial charge in [-0.1, -0.05) is 28.1 Å². The predicted molar refractivity (Wildman–Crippen MR) is 82.6 cm³/mol. The number of carbonyl (C=O) groups excluding carboxylic acids is 1. The van der Waals surface area contributed by atoms with Crippen LogP contribution in [0, 0.1) is 6.92 Å². The van der Waals surface area contributed by atoms with E-state index in [-0.39, 0.29) is 12.0 Å². The van der Waals surface area contributed by atoms with Crippen molar-refractivity contribution in [1.82, 2.24) is 10.2 Å². The van der Waals surface area contributed by atoms with E-state index in [1.54, 1.807) is 0 Å². The van der Waals surface area contributed by atoms with Gasteiger partial charge in [0.05, 0.1) is 12.7 Å². The molecule has 2 rings (SSSR count). The maximum atomic E-state index is 10.9. The number of morpholine rings is 1. The molecule has 1 N–H and O–H groups in total. The summed E-state index contributed by atoms with van der Waals surface area (Å²) in [7, 11) is 0. The third-order valence-corrected chi connectivity index (χ3v) is 4.30. The Morgan fingerprint density at radius 2 is 2.35 bits per heavy atom. The van der Waals surface area contributed by atoms with E-state index < -0.39 is 0 Å². The zero-order chi connectivity index (χ0) is 14.5. The molecular weight excluding hydrogens is 320 g/mol. The van der Waals surface area contributed by atoms with Crippen LogP contribution < -0.4 is 5.32 Å². The first-order valence-corrected chi connectivity index (χ1v) is 7.67. The molecule has 1 amide bonds. The van der Waals surface area contributed by atoms with Gasteiger partial charge in [0.1, 0.15) is 0 Å². The summed E-state index contributed by atoms with van der Waals surface area (Å²) in [6.07, 6.45) is 0.0848. The molecule has 1 aromatic rings. The van der Waals surface area contributed by atoms with Gasteiger partial charge in [-0.3, -0.25) is 9.69 Å². The summed E-state index contributed by atoms with van der Waals surface area (Å²) in [6, 6.07) is 6.47. The molecule has 1 fully saturated rings. The van der Waals surface area contributed by atoms with Crippen LogP contribution in [-0.4, -0.2) is 43.2 Å². The lowest BCUT2D eigenvalue weighted by Crippen LogP contribution is -2.46. The second kappa shape index (κ2) is 7.20. The van der Waals surface area contributed by atoms with Crippen LogP contribution in [-0.2, 0) is 16.1 Å². The Morgan fingerprint density at radius 1 is 1.55 bits per heavy atom. The van der Waals surface area contributed by atoms with Crippen LogP contribution in [0.3, 0.4) is 0 Å². The van der Waals surface area contributed by atoms with E-state index in [9.17, 15) is 4.79 Å². The number of halogens is 1. The van der Waals surface area contributed by atoms with E-state index in [1.165, 1.54) is 18.1 Å². The zero-order valence-electron chi connectivity index (χ0n) is 12.0. The van der Waals surface area contributed by atoms with Crippen LogP contribution in [0.15, 0.2) is 22.7 Å². The van der Waals surface area contributed by atoms with Crippen molar-refractivity contribution in [2.75, 3.05) is 26.2 Å². The molecule has 1 atom stereocenters. The minimum absolute atomic E-state index is 0.00631. The van der Waals surface area contributed by atoms with Gasteiger partial charge in [-0.25, -0.2) is 0 Å². The fourth-order valence-corrected chi connectivity index (χ4v) is 2.72. The van der Waals surface area contributed by atoms with Crippen molar-refractivity contribution in [2.24, 2.45) is 0 Å². The van der Waals surface area contributed by atoms with Crippen LogP contribution in [0.25, 0.3) is 0 Å². The molecule has 0 aromatic heterocycles. The number of rotatable bonds is 4. The normalized spacial score (nSPS) is 19.9. The molecule has 5 heteroatoms. The van der Waals surface area contributed by atoms with Crippen molar-refractivity contribution in [2.45, 2.75) is 26.5 Å². The van der Waals surface area contributed by atoms with Crippen LogP contribution in [0.5, 0.6) is 0 Å². The van der Waals surface area contributed by atoms with Crippen molar-refractivity contribution in [3.05, 3.63) is 33.8 Å². The molecule has 4 nitrogen and oxygen atoms in total. The van der Waals surface area contributed by atoms with Gasteiger partial charge in [0.15, 0.2) is 0 Å². The number of benzene rings is 1. The van der Waals surface area contributed by atoms with Crippen molar-refractivity contribution >= 4 is 21.8 Å². The Bertz CT molecular complexity index is 479. The van der Waals surface area contributed by atoms with Gasteiger partial charge in [0, 0.05) is 37.6 Å². The molecule has 20 heavy (non-hydrogen) atoms. The molecule has 0 aliphatic carbocycles. The first-order valence-electron chi connectivity index (χ1n) is 6.88. The number of carbonyl (C=O) groups is 1. The summed E-state index contributed by atoms with van der Waals surface area (Å²) in [5, 5.41) is 2.82. The van der Waals surface area contributed by atoms with Gasteiger partial charge in [0.25, 0.3) is 0 Å². The minimum atomic E-state index is -0.00631. The molecule has 1 heterocycles. The lowest BCUT2D eigenvalue weighted by Gasteiger charge is -2.33. The highest BCUT2D eigenvalue weighted by molar-refractivity contribution is 9.10. The Kier molecular flexibility index (Phi) is 5.57. The second-order valence-corrected chi connectivity index (χ2v) is 6.10. The number of aryl methyl sites for hydroxylation is 1. The Morgan fingerprint density at radius 3 is 3.05 bits per heavy atom. The molecule has 0 spiro atoms. The van der Waals surface area contributed by atoms with E-state index in [0.29, 0.717) is 6.54 Å². The van der Waals surface area contributed by atoms with E-state index in [4.69, 9.17) is 4.74 Å². The molecule has 1 saturated heterocycles. The second-order valence-electron chi connectivity index (χ2n) is 5.25. The maximum Gasteiger partial charge on any atom is 0.216 e. The van der Waals surface area contributed by atoms with E-state index in [2.05, 4.69) is 51.3 Å². The van der Waals surface area contributed by atoms with E-state index >= 15 is 0 Å². The first-order chi connectivity index (χ1) is 9.54. The van der Waals surface area contributed by atoms with E-state index in [0.717, 1.165) is 30.7 Å². The highest BCUT2D eigenvalue weighted by Crippen LogP contribution is 2.19. The average Bonchev–Trinajstić information content (AvgIpc) is 2.41. The molecule has 0 bridgehead atoms. The molecule has 110 valence electrons. The number of hydrogen-bond acceptors (Lipinski definition) is 3. The first kappa shape index (κ1) is 15.5. The Hall–Kier alpha value is -0.910. The minimum Gasteiger partial charge on any atom is -0.374 e.